The van der Waals surface area contributed by atoms with E-state index in [1.165, 1.54) is 6.26 Å². The molecule has 6 heteroatoms. The Kier molecular flexibility index (Phi) is 5.24. The highest BCUT2D eigenvalue weighted by Crippen LogP contribution is 2.09. The van der Waals surface area contributed by atoms with Gasteiger partial charge in [0.25, 0.3) is 5.91 Å². The highest BCUT2D eigenvalue weighted by Gasteiger charge is 2.23. The van der Waals surface area contributed by atoms with Crippen molar-refractivity contribution < 1.29 is 24.1 Å². The van der Waals surface area contributed by atoms with Gasteiger partial charge in [-0.25, -0.2) is 0 Å². The SMILES string of the molecule is COCCC(C)(O)CNC(=O)C1=COCCO1. The second-order valence-corrected chi connectivity index (χ2v) is 4.12. The van der Waals surface area contributed by atoms with E-state index < -0.39 is 5.60 Å². The Bertz CT molecular complexity index is 288. The van der Waals surface area contributed by atoms with Crippen molar-refractivity contribution in [1.29, 1.82) is 0 Å². The van der Waals surface area contributed by atoms with Gasteiger partial charge in [-0.2, -0.15) is 0 Å². The van der Waals surface area contributed by atoms with Crippen molar-refractivity contribution >= 4 is 5.91 Å². The van der Waals surface area contributed by atoms with Crippen LogP contribution in [-0.2, 0) is 19.0 Å². The number of nitrogens with one attached hydrogen (secondary N) is 1. The van der Waals surface area contributed by atoms with Gasteiger partial charge >= 0.3 is 0 Å². The third-order valence-corrected chi connectivity index (χ3v) is 2.35. The molecule has 0 bridgehead atoms. The largest absolute Gasteiger partial charge is 0.494 e. The van der Waals surface area contributed by atoms with Gasteiger partial charge in [0.15, 0.2) is 0 Å². The summed E-state index contributed by atoms with van der Waals surface area (Å²) in [7, 11) is 1.56. The van der Waals surface area contributed by atoms with E-state index >= 15 is 0 Å². The van der Waals surface area contributed by atoms with Crippen molar-refractivity contribution in [3.63, 3.8) is 0 Å². The van der Waals surface area contributed by atoms with Crippen molar-refractivity contribution in [3.8, 4) is 0 Å². The maximum absolute atomic E-state index is 11.6. The molecule has 6 nitrogen and oxygen atoms in total. The standard InChI is InChI=1S/C11H19NO5/c1-11(14,3-4-15-2)8-12-10(13)9-7-16-5-6-17-9/h7,14H,3-6,8H2,1-2H3,(H,12,13). The van der Waals surface area contributed by atoms with Crippen molar-refractivity contribution in [3.05, 3.63) is 12.0 Å². The first kappa shape index (κ1) is 13.8. The fraction of sp³-hybridized carbons (Fsp3) is 0.727. The van der Waals surface area contributed by atoms with Gasteiger partial charge in [-0.3, -0.25) is 4.79 Å². The first-order valence-corrected chi connectivity index (χ1v) is 5.49. The quantitative estimate of drug-likeness (QED) is 0.676. The summed E-state index contributed by atoms with van der Waals surface area (Å²) in [6.45, 7) is 3.02. The average molecular weight is 245 g/mol. The molecule has 1 aliphatic heterocycles. The fourth-order valence-electron chi connectivity index (χ4n) is 1.26. The lowest BCUT2D eigenvalue weighted by molar-refractivity contribution is -0.123. The predicted octanol–water partition coefficient (Wildman–Crippen LogP) is -0.222. The molecule has 98 valence electrons. The molecule has 1 heterocycles. The van der Waals surface area contributed by atoms with Crippen molar-refractivity contribution in [2.24, 2.45) is 0 Å². The summed E-state index contributed by atoms with van der Waals surface area (Å²) < 4.78 is 14.9. The van der Waals surface area contributed by atoms with E-state index in [0.29, 0.717) is 26.2 Å². The molecule has 1 unspecified atom stereocenters. The molecule has 1 atom stereocenters. The molecule has 0 saturated carbocycles. The van der Waals surface area contributed by atoms with E-state index in [1.807, 2.05) is 0 Å². The number of amides is 1. The van der Waals surface area contributed by atoms with Crippen LogP contribution in [0.25, 0.3) is 0 Å². The van der Waals surface area contributed by atoms with E-state index in [-0.39, 0.29) is 18.2 Å². The molecule has 0 radical (unpaired) electrons. The topological polar surface area (TPSA) is 77.0 Å². The van der Waals surface area contributed by atoms with Gasteiger partial charge in [0, 0.05) is 26.7 Å². The molecule has 1 rings (SSSR count). The zero-order chi connectivity index (χ0) is 12.7. The van der Waals surface area contributed by atoms with E-state index in [0.717, 1.165) is 0 Å². The Hall–Kier alpha value is -1.27. The molecule has 0 fully saturated rings. The first-order chi connectivity index (χ1) is 8.05. The van der Waals surface area contributed by atoms with Crippen LogP contribution < -0.4 is 5.32 Å². The highest BCUT2D eigenvalue weighted by atomic mass is 16.6. The van der Waals surface area contributed by atoms with Crippen LogP contribution in [0.4, 0.5) is 0 Å². The first-order valence-electron chi connectivity index (χ1n) is 5.49. The Morgan fingerprint density at radius 2 is 2.41 bits per heavy atom. The van der Waals surface area contributed by atoms with Gasteiger partial charge in [0.2, 0.25) is 5.76 Å². The Labute approximate surface area is 101 Å². The summed E-state index contributed by atoms with van der Waals surface area (Å²) in [6, 6.07) is 0. The van der Waals surface area contributed by atoms with Crippen LogP contribution in [0.3, 0.4) is 0 Å². The summed E-state index contributed by atoms with van der Waals surface area (Å²) in [4.78, 5) is 11.6. The molecular weight excluding hydrogens is 226 g/mol. The van der Waals surface area contributed by atoms with Gasteiger partial charge in [0.1, 0.15) is 19.5 Å². The maximum Gasteiger partial charge on any atom is 0.289 e. The smallest absolute Gasteiger partial charge is 0.289 e. The predicted molar refractivity (Wildman–Crippen MR) is 60.1 cm³/mol. The van der Waals surface area contributed by atoms with E-state index in [1.54, 1.807) is 14.0 Å². The van der Waals surface area contributed by atoms with Gasteiger partial charge < -0.3 is 24.6 Å². The van der Waals surface area contributed by atoms with E-state index in [9.17, 15) is 9.90 Å². The van der Waals surface area contributed by atoms with Crippen LogP contribution in [0.5, 0.6) is 0 Å². The maximum atomic E-state index is 11.6. The lowest BCUT2D eigenvalue weighted by Gasteiger charge is -2.24. The van der Waals surface area contributed by atoms with Crippen LogP contribution >= 0.6 is 0 Å². The highest BCUT2D eigenvalue weighted by molar-refractivity contribution is 5.91. The van der Waals surface area contributed by atoms with Gasteiger partial charge in [-0.05, 0) is 6.92 Å². The minimum atomic E-state index is -0.998. The minimum absolute atomic E-state index is 0.135. The number of carbonyl (C=O) groups excluding carboxylic acids is 1. The van der Waals surface area contributed by atoms with Crippen molar-refractivity contribution in [2.45, 2.75) is 18.9 Å². The summed E-state index contributed by atoms with van der Waals surface area (Å²) in [6.07, 6.45) is 1.73. The lowest BCUT2D eigenvalue weighted by Crippen LogP contribution is -2.42. The van der Waals surface area contributed by atoms with Crippen LogP contribution in [0, 0.1) is 0 Å². The number of ether oxygens (including phenoxy) is 3. The molecule has 0 saturated heterocycles. The monoisotopic (exact) mass is 245 g/mol. The average Bonchev–Trinajstić information content (AvgIpc) is 2.35. The molecule has 1 amide bonds. The zero-order valence-corrected chi connectivity index (χ0v) is 10.2. The van der Waals surface area contributed by atoms with Gasteiger partial charge in [-0.15, -0.1) is 0 Å². The van der Waals surface area contributed by atoms with Crippen molar-refractivity contribution in [2.75, 3.05) is 33.5 Å². The van der Waals surface area contributed by atoms with Crippen LogP contribution in [0.1, 0.15) is 13.3 Å². The summed E-state index contributed by atoms with van der Waals surface area (Å²) in [5, 5.41) is 12.5. The second-order valence-electron chi connectivity index (χ2n) is 4.12. The summed E-state index contributed by atoms with van der Waals surface area (Å²) in [5.74, 6) is -0.249. The molecule has 2 N–H and O–H groups in total. The fourth-order valence-corrected chi connectivity index (χ4v) is 1.26. The van der Waals surface area contributed by atoms with Crippen LogP contribution in [0.15, 0.2) is 12.0 Å². The Morgan fingerprint density at radius 1 is 1.65 bits per heavy atom. The Balaban J connectivity index is 2.34. The number of rotatable bonds is 6. The lowest BCUT2D eigenvalue weighted by atomic mass is 10.0. The molecule has 17 heavy (non-hydrogen) atoms. The molecule has 0 aromatic rings. The number of hydrogen-bond acceptors (Lipinski definition) is 5. The summed E-state index contributed by atoms with van der Waals surface area (Å²) >= 11 is 0. The number of methoxy groups -OCH3 is 1. The minimum Gasteiger partial charge on any atom is -0.494 e. The molecule has 0 aromatic carbocycles. The molecular formula is C11H19NO5. The van der Waals surface area contributed by atoms with Crippen LogP contribution in [-0.4, -0.2) is 50.1 Å². The third kappa shape index (κ3) is 5.06. The third-order valence-electron chi connectivity index (χ3n) is 2.35. The normalized spacial score (nSPS) is 18.4. The Morgan fingerprint density at radius 3 is 3.00 bits per heavy atom. The van der Waals surface area contributed by atoms with Gasteiger partial charge in [0.05, 0.1) is 5.60 Å². The van der Waals surface area contributed by atoms with E-state index in [4.69, 9.17) is 14.2 Å². The molecule has 0 aromatic heterocycles. The summed E-state index contributed by atoms with van der Waals surface area (Å²) in [5.41, 5.74) is -0.998. The molecule has 1 aliphatic rings. The molecule has 0 aliphatic carbocycles. The van der Waals surface area contributed by atoms with E-state index in [2.05, 4.69) is 5.32 Å². The zero-order valence-electron chi connectivity index (χ0n) is 10.2. The van der Waals surface area contributed by atoms with Crippen LogP contribution in [0.2, 0.25) is 0 Å². The second kappa shape index (κ2) is 6.46. The van der Waals surface area contributed by atoms with Crippen molar-refractivity contribution in [1.82, 2.24) is 5.32 Å². The number of hydrogen-bond donors (Lipinski definition) is 2. The van der Waals surface area contributed by atoms with Gasteiger partial charge in [-0.1, -0.05) is 0 Å². The number of carbonyl (C=O) groups is 1. The number of aliphatic hydroxyl groups is 1. The molecule has 0 spiro atoms.